The molecule has 0 fully saturated rings. The van der Waals surface area contributed by atoms with Crippen molar-refractivity contribution in [1.82, 2.24) is 4.98 Å². The van der Waals surface area contributed by atoms with E-state index >= 15 is 0 Å². The minimum atomic E-state index is -5.01. The fourth-order valence-corrected chi connectivity index (χ4v) is 1.64. The van der Waals surface area contributed by atoms with E-state index in [0.717, 1.165) is 6.07 Å². The highest BCUT2D eigenvalue weighted by atomic mass is 19.4. The number of rotatable bonds is 4. The molecule has 17 heavy (non-hydrogen) atoms. The highest BCUT2D eigenvalue weighted by molar-refractivity contribution is 5.16. The number of aliphatic hydroxyl groups is 1. The quantitative estimate of drug-likeness (QED) is 0.834. The number of nitrogens with zero attached hydrogens (tertiary/aromatic N) is 1. The van der Waals surface area contributed by atoms with Crippen LogP contribution in [0.2, 0.25) is 0 Å². The van der Waals surface area contributed by atoms with Gasteiger partial charge in [0.05, 0.1) is 5.69 Å². The van der Waals surface area contributed by atoms with Gasteiger partial charge in [-0.15, -0.1) is 0 Å². The van der Waals surface area contributed by atoms with Crippen molar-refractivity contribution in [3.05, 3.63) is 30.1 Å². The van der Waals surface area contributed by atoms with Gasteiger partial charge in [0.1, 0.15) is 0 Å². The zero-order chi connectivity index (χ0) is 13.1. The summed E-state index contributed by atoms with van der Waals surface area (Å²) < 4.78 is 51.7. The molecule has 1 rings (SSSR count). The molecule has 0 aliphatic rings. The standard InChI is InChI=1S/C11H13F4NO/c1-2-6-10(12,9(17)11(13,14)15)8-5-3-4-7-16-8/h3-5,7,9,17H,2,6H2,1H3. The van der Waals surface area contributed by atoms with E-state index in [1.807, 2.05) is 0 Å². The van der Waals surface area contributed by atoms with Crippen LogP contribution >= 0.6 is 0 Å². The van der Waals surface area contributed by atoms with Crippen LogP contribution in [0.15, 0.2) is 24.4 Å². The van der Waals surface area contributed by atoms with Crippen molar-refractivity contribution in [3.8, 4) is 0 Å². The molecular weight excluding hydrogens is 238 g/mol. The maximum atomic E-state index is 14.4. The number of alkyl halides is 4. The van der Waals surface area contributed by atoms with Gasteiger partial charge < -0.3 is 5.11 Å². The number of hydrogen-bond acceptors (Lipinski definition) is 2. The Morgan fingerprint density at radius 2 is 1.94 bits per heavy atom. The van der Waals surface area contributed by atoms with E-state index in [1.165, 1.54) is 18.3 Å². The zero-order valence-corrected chi connectivity index (χ0v) is 9.21. The van der Waals surface area contributed by atoms with Crippen LogP contribution in [0.5, 0.6) is 0 Å². The Balaban J connectivity index is 3.14. The summed E-state index contributed by atoms with van der Waals surface area (Å²) in [6.07, 6.45) is -7.15. The smallest absolute Gasteiger partial charge is 0.381 e. The molecule has 0 radical (unpaired) electrons. The normalized spacial score (nSPS) is 17.5. The van der Waals surface area contributed by atoms with E-state index in [2.05, 4.69) is 4.98 Å². The predicted molar refractivity (Wildman–Crippen MR) is 54.0 cm³/mol. The molecule has 0 bridgehead atoms. The topological polar surface area (TPSA) is 33.1 Å². The second-order valence-corrected chi connectivity index (χ2v) is 3.77. The number of aromatic nitrogens is 1. The van der Waals surface area contributed by atoms with E-state index < -0.39 is 30.1 Å². The first-order valence-electron chi connectivity index (χ1n) is 5.17. The lowest BCUT2D eigenvalue weighted by atomic mass is 9.89. The zero-order valence-electron chi connectivity index (χ0n) is 9.21. The Hall–Kier alpha value is -1.17. The number of halogens is 4. The first-order valence-corrected chi connectivity index (χ1v) is 5.17. The number of hydrogen-bond donors (Lipinski definition) is 1. The molecule has 0 spiro atoms. The molecule has 1 aromatic rings. The summed E-state index contributed by atoms with van der Waals surface area (Å²) in [4.78, 5) is 3.57. The second-order valence-electron chi connectivity index (χ2n) is 3.77. The molecule has 0 saturated carbocycles. The molecule has 0 saturated heterocycles. The summed E-state index contributed by atoms with van der Waals surface area (Å²) >= 11 is 0. The maximum absolute atomic E-state index is 14.4. The Kier molecular flexibility index (Phi) is 4.08. The molecular formula is C11H13F4NO. The monoisotopic (exact) mass is 251 g/mol. The molecule has 1 heterocycles. The summed E-state index contributed by atoms with van der Waals surface area (Å²) in [6.45, 7) is 1.54. The first-order chi connectivity index (χ1) is 7.82. The van der Waals surface area contributed by atoms with Gasteiger partial charge in [-0.3, -0.25) is 4.98 Å². The van der Waals surface area contributed by atoms with Crippen molar-refractivity contribution in [2.24, 2.45) is 0 Å². The lowest BCUT2D eigenvalue weighted by molar-refractivity contribution is -0.246. The summed E-state index contributed by atoms with van der Waals surface area (Å²) in [5, 5.41) is 9.15. The van der Waals surface area contributed by atoms with Gasteiger partial charge in [0, 0.05) is 6.20 Å². The molecule has 0 aliphatic heterocycles. The van der Waals surface area contributed by atoms with Crippen LogP contribution in [0.3, 0.4) is 0 Å². The van der Waals surface area contributed by atoms with Crippen molar-refractivity contribution < 1.29 is 22.7 Å². The predicted octanol–water partition coefficient (Wildman–Crippen LogP) is 2.97. The molecule has 2 atom stereocenters. The van der Waals surface area contributed by atoms with Gasteiger partial charge in [0.25, 0.3) is 0 Å². The lowest BCUT2D eigenvalue weighted by Crippen LogP contribution is -2.46. The fourth-order valence-electron chi connectivity index (χ4n) is 1.64. The Morgan fingerprint density at radius 1 is 1.29 bits per heavy atom. The molecule has 0 aromatic carbocycles. The molecule has 0 aliphatic carbocycles. The van der Waals surface area contributed by atoms with Crippen LogP contribution in [0.25, 0.3) is 0 Å². The molecule has 2 nitrogen and oxygen atoms in total. The minimum Gasteiger partial charge on any atom is -0.381 e. The van der Waals surface area contributed by atoms with Crippen LogP contribution in [0, 0.1) is 0 Å². The maximum Gasteiger partial charge on any atom is 0.417 e. The van der Waals surface area contributed by atoms with Crippen LogP contribution < -0.4 is 0 Å². The van der Waals surface area contributed by atoms with Crippen LogP contribution in [-0.2, 0) is 5.67 Å². The largest absolute Gasteiger partial charge is 0.417 e. The average molecular weight is 251 g/mol. The SMILES string of the molecule is CCCC(F)(c1ccccn1)C(O)C(F)(F)F. The van der Waals surface area contributed by atoms with Crippen LogP contribution in [0.4, 0.5) is 17.6 Å². The summed E-state index contributed by atoms with van der Waals surface area (Å²) in [5.41, 5.74) is -3.29. The summed E-state index contributed by atoms with van der Waals surface area (Å²) in [7, 11) is 0. The van der Waals surface area contributed by atoms with Gasteiger partial charge in [-0.25, -0.2) is 4.39 Å². The number of aliphatic hydroxyl groups excluding tert-OH is 1. The molecule has 1 aromatic heterocycles. The van der Waals surface area contributed by atoms with E-state index in [9.17, 15) is 17.6 Å². The van der Waals surface area contributed by atoms with Gasteiger partial charge in [0.15, 0.2) is 11.8 Å². The van der Waals surface area contributed by atoms with Gasteiger partial charge in [-0.2, -0.15) is 13.2 Å². The summed E-state index contributed by atoms with van der Waals surface area (Å²) in [6, 6.07) is 4.00. The average Bonchev–Trinajstić information content (AvgIpc) is 2.28. The number of pyridine rings is 1. The molecule has 6 heteroatoms. The Bertz CT molecular complexity index is 354. The van der Waals surface area contributed by atoms with E-state index in [-0.39, 0.29) is 6.42 Å². The highest BCUT2D eigenvalue weighted by Crippen LogP contribution is 2.40. The molecule has 1 N–H and O–H groups in total. The first kappa shape index (κ1) is 13.9. The Morgan fingerprint density at radius 3 is 2.35 bits per heavy atom. The fraction of sp³-hybridized carbons (Fsp3) is 0.545. The van der Waals surface area contributed by atoms with Crippen LogP contribution in [-0.4, -0.2) is 22.4 Å². The molecule has 0 amide bonds. The van der Waals surface area contributed by atoms with Gasteiger partial charge in [-0.05, 0) is 18.6 Å². The van der Waals surface area contributed by atoms with Crippen molar-refractivity contribution in [2.45, 2.75) is 37.7 Å². The van der Waals surface area contributed by atoms with Crippen molar-refractivity contribution in [2.75, 3.05) is 0 Å². The van der Waals surface area contributed by atoms with E-state index in [4.69, 9.17) is 5.11 Å². The van der Waals surface area contributed by atoms with Crippen LogP contribution in [0.1, 0.15) is 25.5 Å². The van der Waals surface area contributed by atoms with E-state index in [1.54, 1.807) is 6.92 Å². The molecule has 2 unspecified atom stereocenters. The third-order valence-electron chi connectivity index (χ3n) is 2.45. The van der Waals surface area contributed by atoms with Crippen molar-refractivity contribution in [3.63, 3.8) is 0 Å². The second kappa shape index (κ2) is 5.00. The lowest BCUT2D eigenvalue weighted by Gasteiger charge is -2.30. The molecule has 96 valence electrons. The minimum absolute atomic E-state index is 0.167. The Labute approximate surface area is 96.3 Å². The van der Waals surface area contributed by atoms with Crippen molar-refractivity contribution >= 4 is 0 Å². The van der Waals surface area contributed by atoms with Gasteiger partial charge >= 0.3 is 6.18 Å². The third-order valence-corrected chi connectivity index (χ3v) is 2.45. The summed E-state index contributed by atoms with van der Waals surface area (Å²) in [5.74, 6) is 0. The highest BCUT2D eigenvalue weighted by Gasteiger charge is 2.54. The van der Waals surface area contributed by atoms with Gasteiger partial charge in [-0.1, -0.05) is 19.4 Å². The van der Waals surface area contributed by atoms with Crippen molar-refractivity contribution in [1.29, 1.82) is 0 Å². The third kappa shape index (κ3) is 2.94. The van der Waals surface area contributed by atoms with Gasteiger partial charge in [0.2, 0.25) is 0 Å². The van der Waals surface area contributed by atoms with E-state index in [0.29, 0.717) is 0 Å².